The minimum absolute atomic E-state index is 0.105. The smallest absolute Gasteiger partial charge is 0.229 e. The largest absolute Gasteiger partial charge is 0.345 e. The van der Waals surface area contributed by atoms with Crippen LogP contribution in [0.2, 0.25) is 0 Å². The van der Waals surface area contributed by atoms with Gasteiger partial charge >= 0.3 is 0 Å². The molecule has 1 amide bonds. The van der Waals surface area contributed by atoms with Gasteiger partial charge in [0, 0.05) is 34.8 Å². The number of carbonyl (C=O) groups is 1. The van der Waals surface area contributed by atoms with Crippen LogP contribution in [0.1, 0.15) is 24.2 Å². The average molecular weight is 301 g/mol. The van der Waals surface area contributed by atoms with Crippen molar-refractivity contribution in [3.8, 4) is 11.3 Å². The molecule has 5 heteroatoms. The first-order chi connectivity index (χ1) is 10.1. The van der Waals surface area contributed by atoms with E-state index in [4.69, 9.17) is 0 Å². The van der Waals surface area contributed by atoms with Crippen molar-refractivity contribution < 1.29 is 4.79 Å². The maximum atomic E-state index is 11.8. The molecule has 0 bridgehead atoms. The van der Waals surface area contributed by atoms with Gasteiger partial charge in [-0.1, -0.05) is 6.08 Å². The highest BCUT2D eigenvalue weighted by Gasteiger charge is 2.30. The molecule has 1 saturated carbocycles. The summed E-state index contributed by atoms with van der Waals surface area (Å²) in [4.78, 5) is 16.3. The summed E-state index contributed by atoms with van der Waals surface area (Å²) in [6, 6.07) is 2.14. The highest BCUT2D eigenvalue weighted by molar-refractivity contribution is 7.14. The molecule has 0 unspecified atom stereocenters. The molecule has 0 atom stereocenters. The van der Waals surface area contributed by atoms with Crippen LogP contribution in [0.4, 0.5) is 5.13 Å². The normalized spacial score (nSPS) is 14.2. The molecular weight excluding hydrogens is 282 g/mol. The number of aryl methyl sites for hydroxylation is 1. The van der Waals surface area contributed by atoms with Crippen LogP contribution in [-0.4, -0.2) is 15.5 Å². The molecule has 2 aromatic heterocycles. The van der Waals surface area contributed by atoms with Gasteiger partial charge in [-0.15, -0.1) is 17.9 Å². The van der Waals surface area contributed by atoms with Gasteiger partial charge in [-0.3, -0.25) is 4.79 Å². The summed E-state index contributed by atoms with van der Waals surface area (Å²) in [5, 5.41) is 5.60. The van der Waals surface area contributed by atoms with Crippen LogP contribution in [0.15, 0.2) is 24.1 Å². The lowest BCUT2D eigenvalue weighted by Crippen LogP contribution is -2.12. The van der Waals surface area contributed by atoms with Crippen LogP contribution in [0.3, 0.4) is 0 Å². The molecule has 2 heterocycles. The highest BCUT2D eigenvalue weighted by atomic mass is 32.1. The Hall–Kier alpha value is -1.88. The summed E-state index contributed by atoms with van der Waals surface area (Å²) in [7, 11) is 0. The average Bonchev–Trinajstić information content (AvgIpc) is 3.16. The molecule has 0 spiro atoms. The van der Waals surface area contributed by atoms with E-state index >= 15 is 0 Å². The number of thiazole rings is 1. The van der Waals surface area contributed by atoms with Crippen LogP contribution in [0.5, 0.6) is 0 Å². The number of amides is 1. The number of rotatable bonds is 5. The molecule has 0 aliphatic heterocycles. The van der Waals surface area contributed by atoms with Crippen LogP contribution in [0, 0.1) is 19.8 Å². The standard InChI is InChI=1S/C16H19N3OS/c1-4-7-19-10(2)8-13(11(19)3)14-9-21-16(17-14)18-15(20)12-5-6-12/h4,8-9,12H,1,5-7H2,2-3H3,(H,17,18,20). The fourth-order valence-electron chi connectivity index (χ4n) is 2.48. The monoisotopic (exact) mass is 301 g/mol. The fraction of sp³-hybridized carbons (Fsp3) is 0.375. The first kappa shape index (κ1) is 14.1. The van der Waals surface area contributed by atoms with E-state index in [9.17, 15) is 4.79 Å². The molecule has 0 radical (unpaired) electrons. The molecular formula is C16H19N3OS. The van der Waals surface area contributed by atoms with Gasteiger partial charge in [0.2, 0.25) is 5.91 Å². The van der Waals surface area contributed by atoms with E-state index in [0.717, 1.165) is 30.6 Å². The Morgan fingerprint density at radius 1 is 1.57 bits per heavy atom. The van der Waals surface area contributed by atoms with E-state index in [0.29, 0.717) is 5.13 Å². The summed E-state index contributed by atoms with van der Waals surface area (Å²) in [6.45, 7) is 8.77. The summed E-state index contributed by atoms with van der Waals surface area (Å²) in [5.74, 6) is 0.308. The van der Waals surface area contributed by atoms with Gasteiger partial charge in [-0.25, -0.2) is 4.98 Å². The summed E-state index contributed by atoms with van der Waals surface area (Å²) >= 11 is 1.48. The van der Waals surface area contributed by atoms with E-state index < -0.39 is 0 Å². The van der Waals surface area contributed by atoms with Crippen molar-refractivity contribution in [2.24, 2.45) is 5.92 Å². The predicted octanol–water partition coefficient (Wildman–Crippen LogP) is 3.76. The molecule has 1 N–H and O–H groups in total. The minimum atomic E-state index is 0.105. The Kier molecular flexibility index (Phi) is 3.68. The van der Waals surface area contributed by atoms with Gasteiger partial charge in [0.1, 0.15) is 0 Å². The Morgan fingerprint density at radius 3 is 3.00 bits per heavy atom. The number of hydrogen-bond donors (Lipinski definition) is 1. The second-order valence-corrected chi connectivity index (χ2v) is 6.34. The molecule has 3 rings (SSSR count). The highest BCUT2D eigenvalue weighted by Crippen LogP contribution is 2.33. The lowest BCUT2D eigenvalue weighted by atomic mass is 10.2. The zero-order chi connectivity index (χ0) is 15.0. The minimum Gasteiger partial charge on any atom is -0.345 e. The van der Waals surface area contributed by atoms with Crippen molar-refractivity contribution in [2.75, 3.05) is 5.32 Å². The number of allylic oxidation sites excluding steroid dienone is 1. The van der Waals surface area contributed by atoms with Gasteiger partial charge in [-0.2, -0.15) is 0 Å². The predicted molar refractivity (Wildman–Crippen MR) is 86.6 cm³/mol. The SMILES string of the molecule is C=CCn1c(C)cc(-c2csc(NC(=O)C3CC3)n2)c1C. The molecule has 1 fully saturated rings. The van der Waals surface area contributed by atoms with Crippen molar-refractivity contribution in [3.63, 3.8) is 0 Å². The fourth-order valence-corrected chi connectivity index (χ4v) is 3.19. The van der Waals surface area contributed by atoms with Gasteiger partial charge in [0.25, 0.3) is 0 Å². The van der Waals surface area contributed by atoms with Crippen molar-refractivity contribution in [1.82, 2.24) is 9.55 Å². The summed E-state index contributed by atoms with van der Waals surface area (Å²) < 4.78 is 2.21. The summed E-state index contributed by atoms with van der Waals surface area (Å²) in [5.41, 5.74) is 4.42. The molecule has 1 aliphatic rings. The number of nitrogens with zero attached hydrogens (tertiary/aromatic N) is 2. The Bertz CT molecular complexity index is 694. The maximum Gasteiger partial charge on any atom is 0.229 e. The lowest BCUT2D eigenvalue weighted by molar-refractivity contribution is -0.117. The second kappa shape index (κ2) is 5.48. The van der Waals surface area contributed by atoms with Crippen molar-refractivity contribution in [3.05, 3.63) is 35.5 Å². The lowest BCUT2D eigenvalue weighted by Gasteiger charge is -2.05. The maximum absolute atomic E-state index is 11.8. The molecule has 2 aromatic rings. The third-order valence-corrected chi connectivity index (χ3v) is 4.60. The van der Waals surface area contributed by atoms with E-state index in [2.05, 4.69) is 41.4 Å². The van der Waals surface area contributed by atoms with Crippen LogP contribution < -0.4 is 5.32 Å². The third-order valence-electron chi connectivity index (χ3n) is 3.84. The molecule has 110 valence electrons. The molecule has 0 aromatic carbocycles. The van der Waals surface area contributed by atoms with E-state index in [-0.39, 0.29) is 11.8 Å². The molecule has 1 aliphatic carbocycles. The number of aromatic nitrogens is 2. The number of nitrogens with one attached hydrogen (secondary N) is 1. The quantitative estimate of drug-likeness (QED) is 0.855. The second-order valence-electron chi connectivity index (χ2n) is 5.49. The van der Waals surface area contributed by atoms with Gasteiger partial charge in [-0.05, 0) is 32.8 Å². The van der Waals surface area contributed by atoms with Crippen LogP contribution >= 0.6 is 11.3 Å². The third kappa shape index (κ3) is 2.78. The first-order valence-electron chi connectivity index (χ1n) is 7.14. The molecule has 0 saturated heterocycles. The summed E-state index contributed by atoms with van der Waals surface area (Å²) in [6.07, 6.45) is 3.91. The Labute approximate surface area is 128 Å². The Balaban J connectivity index is 1.84. The van der Waals surface area contributed by atoms with E-state index in [1.807, 2.05) is 11.5 Å². The number of anilines is 1. The first-order valence-corrected chi connectivity index (χ1v) is 8.02. The van der Waals surface area contributed by atoms with Crippen molar-refractivity contribution in [1.29, 1.82) is 0 Å². The van der Waals surface area contributed by atoms with Crippen LogP contribution in [-0.2, 0) is 11.3 Å². The zero-order valence-corrected chi connectivity index (χ0v) is 13.2. The Morgan fingerprint density at radius 2 is 2.33 bits per heavy atom. The van der Waals surface area contributed by atoms with E-state index in [1.54, 1.807) is 0 Å². The molecule has 21 heavy (non-hydrogen) atoms. The number of carbonyl (C=O) groups excluding carboxylic acids is 1. The van der Waals surface area contributed by atoms with Gasteiger partial charge < -0.3 is 9.88 Å². The topological polar surface area (TPSA) is 46.9 Å². The zero-order valence-electron chi connectivity index (χ0n) is 12.3. The number of hydrogen-bond acceptors (Lipinski definition) is 3. The van der Waals surface area contributed by atoms with E-state index in [1.165, 1.54) is 22.7 Å². The van der Waals surface area contributed by atoms with Crippen LogP contribution in [0.25, 0.3) is 11.3 Å². The van der Waals surface area contributed by atoms with Crippen molar-refractivity contribution >= 4 is 22.4 Å². The van der Waals surface area contributed by atoms with Gasteiger partial charge in [0.15, 0.2) is 5.13 Å². The van der Waals surface area contributed by atoms with Gasteiger partial charge in [0.05, 0.1) is 5.69 Å². The molecule has 4 nitrogen and oxygen atoms in total. The van der Waals surface area contributed by atoms with Crippen molar-refractivity contribution in [2.45, 2.75) is 33.2 Å².